The van der Waals surface area contributed by atoms with E-state index in [1.165, 1.54) is 17.8 Å². The van der Waals surface area contributed by atoms with Gasteiger partial charge in [-0.15, -0.1) is 11.8 Å². The van der Waals surface area contributed by atoms with Crippen molar-refractivity contribution in [2.24, 2.45) is 0 Å². The number of amides is 1. The minimum absolute atomic E-state index is 0.170. The van der Waals surface area contributed by atoms with E-state index in [2.05, 4.69) is 10.3 Å². The summed E-state index contributed by atoms with van der Waals surface area (Å²) in [4.78, 5) is 15.9. The fraction of sp³-hybridized carbons (Fsp3) is 0.0769. The first-order valence-electron chi connectivity index (χ1n) is 5.33. The Hall–Kier alpha value is -1.88. The molecule has 0 fully saturated rings. The van der Waals surface area contributed by atoms with Crippen molar-refractivity contribution in [1.29, 1.82) is 0 Å². The minimum Gasteiger partial charge on any atom is -0.325 e. The summed E-state index contributed by atoms with van der Waals surface area (Å²) in [7, 11) is 0. The molecule has 0 saturated carbocycles. The number of pyridine rings is 1. The first-order valence-corrected chi connectivity index (χ1v) is 6.31. The zero-order chi connectivity index (χ0) is 12.8. The lowest BCUT2D eigenvalue weighted by Crippen LogP contribution is -2.14. The Morgan fingerprint density at radius 1 is 1.22 bits per heavy atom. The second kappa shape index (κ2) is 6.16. The van der Waals surface area contributed by atoms with Crippen molar-refractivity contribution in [1.82, 2.24) is 4.98 Å². The highest BCUT2D eigenvalue weighted by atomic mass is 32.2. The summed E-state index contributed by atoms with van der Waals surface area (Å²) >= 11 is 1.17. The Labute approximate surface area is 108 Å². The zero-order valence-corrected chi connectivity index (χ0v) is 10.3. The topological polar surface area (TPSA) is 42.0 Å². The number of hydrogen-bond donors (Lipinski definition) is 1. The first kappa shape index (κ1) is 12.6. The van der Waals surface area contributed by atoms with Gasteiger partial charge in [-0.05, 0) is 24.3 Å². The summed E-state index contributed by atoms with van der Waals surface area (Å²) in [5.74, 6) is -0.308. The standard InChI is InChI=1S/C13H11FN2OS/c14-11-3-1-2-4-12(11)18-9-13(17)16-10-5-7-15-8-6-10/h1-8H,9H2,(H,15,16,17). The second-order valence-corrected chi connectivity index (χ2v) is 4.52. The molecule has 92 valence electrons. The molecule has 1 aromatic carbocycles. The van der Waals surface area contributed by atoms with E-state index in [9.17, 15) is 9.18 Å². The van der Waals surface area contributed by atoms with Crippen LogP contribution in [0.3, 0.4) is 0 Å². The van der Waals surface area contributed by atoms with Crippen molar-refractivity contribution in [3.8, 4) is 0 Å². The number of carbonyl (C=O) groups is 1. The molecule has 18 heavy (non-hydrogen) atoms. The molecule has 5 heteroatoms. The Morgan fingerprint density at radius 3 is 2.67 bits per heavy atom. The molecule has 1 aromatic heterocycles. The van der Waals surface area contributed by atoms with Crippen molar-refractivity contribution in [2.75, 3.05) is 11.1 Å². The number of nitrogens with zero attached hydrogens (tertiary/aromatic N) is 1. The molecule has 0 aliphatic rings. The van der Waals surface area contributed by atoms with Gasteiger partial charge < -0.3 is 5.32 Å². The smallest absolute Gasteiger partial charge is 0.234 e. The van der Waals surface area contributed by atoms with Crippen LogP contribution < -0.4 is 5.32 Å². The number of carbonyl (C=O) groups excluding carboxylic acids is 1. The molecule has 1 heterocycles. The van der Waals surface area contributed by atoms with E-state index in [4.69, 9.17) is 0 Å². The average Bonchev–Trinajstić information content (AvgIpc) is 2.39. The predicted octanol–water partition coefficient (Wildman–Crippen LogP) is 2.95. The number of aromatic nitrogens is 1. The summed E-state index contributed by atoms with van der Waals surface area (Å²) in [5.41, 5.74) is 0.684. The highest BCUT2D eigenvalue weighted by Gasteiger charge is 2.06. The quantitative estimate of drug-likeness (QED) is 0.861. The van der Waals surface area contributed by atoms with Crippen molar-refractivity contribution in [3.63, 3.8) is 0 Å². The lowest BCUT2D eigenvalue weighted by atomic mass is 10.3. The van der Waals surface area contributed by atoms with Gasteiger partial charge in [-0.25, -0.2) is 4.39 Å². The van der Waals surface area contributed by atoms with Crippen molar-refractivity contribution in [2.45, 2.75) is 4.90 Å². The molecular weight excluding hydrogens is 251 g/mol. The van der Waals surface area contributed by atoms with Crippen LogP contribution in [0, 0.1) is 5.82 Å². The van der Waals surface area contributed by atoms with Crippen LogP contribution in [0.4, 0.5) is 10.1 Å². The molecule has 1 N–H and O–H groups in total. The largest absolute Gasteiger partial charge is 0.325 e. The number of thioether (sulfide) groups is 1. The van der Waals surface area contributed by atoms with E-state index in [1.807, 2.05) is 0 Å². The van der Waals surface area contributed by atoms with Crippen molar-refractivity contribution in [3.05, 3.63) is 54.6 Å². The average molecular weight is 262 g/mol. The van der Waals surface area contributed by atoms with Crippen LogP contribution in [0.2, 0.25) is 0 Å². The molecule has 0 aliphatic carbocycles. The van der Waals surface area contributed by atoms with Crippen molar-refractivity contribution < 1.29 is 9.18 Å². The van der Waals surface area contributed by atoms with Crippen LogP contribution in [-0.4, -0.2) is 16.6 Å². The Balaban J connectivity index is 1.88. The van der Waals surface area contributed by atoms with Gasteiger partial charge in [0.2, 0.25) is 5.91 Å². The Bertz CT molecular complexity index is 534. The summed E-state index contributed by atoms with van der Waals surface area (Å²) in [6, 6.07) is 9.79. The van der Waals surface area contributed by atoms with Crippen LogP contribution in [-0.2, 0) is 4.79 Å². The molecule has 2 aromatic rings. The van der Waals surface area contributed by atoms with Gasteiger partial charge in [0.05, 0.1) is 5.75 Å². The summed E-state index contributed by atoms with van der Waals surface area (Å²) < 4.78 is 13.3. The van der Waals surface area contributed by atoms with Crippen LogP contribution in [0.5, 0.6) is 0 Å². The van der Waals surface area contributed by atoms with Gasteiger partial charge in [0, 0.05) is 23.0 Å². The fourth-order valence-corrected chi connectivity index (χ4v) is 2.08. The SMILES string of the molecule is O=C(CSc1ccccc1F)Nc1ccncc1. The van der Waals surface area contributed by atoms with Gasteiger partial charge >= 0.3 is 0 Å². The number of rotatable bonds is 4. The fourth-order valence-electron chi connectivity index (χ4n) is 1.34. The third-order valence-corrected chi connectivity index (χ3v) is 3.21. The van der Waals surface area contributed by atoms with E-state index < -0.39 is 0 Å². The number of nitrogens with one attached hydrogen (secondary N) is 1. The Morgan fingerprint density at radius 2 is 1.94 bits per heavy atom. The number of hydrogen-bond acceptors (Lipinski definition) is 3. The lowest BCUT2D eigenvalue weighted by molar-refractivity contribution is -0.113. The third-order valence-electron chi connectivity index (χ3n) is 2.16. The number of halogens is 1. The third kappa shape index (κ3) is 3.56. The summed E-state index contributed by atoms with van der Waals surface area (Å²) in [6.07, 6.45) is 3.19. The maximum Gasteiger partial charge on any atom is 0.234 e. The van der Waals surface area contributed by atoms with Gasteiger partial charge in [-0.3, -0.25) is 9.78 Å². The number of benzene rings is 1. The molecule has 0 aliphatic heterocycles. The normalized spacial score (nSPS) is 10.1. The second-order valence-electron chi connectivity index (χ2n) is 3.50. The highest BCUT2D eigenvalue weighted by molar-refractivity contribution is 8.00. The highest BCUT2D eigenvalue weighted by Crippen LogP contribution is 2.21. The van der Waals surface area contributed by atoms with Crippen LogP contribution >= 0.6 is 11.8 Å². The molecule has 0 saturated heterocycles. The maximum atomic E-state index is 13.3. The van der Waals surface area contributed by atoms with Gasteiger partial charge in [0.1, 0.15) is 5.82 Å². The van der Waals surface area contributed by atoms with Crippen LogP contribution in [0.1, 0.15) is 0 Å². The predicted molar refractivity (Wildman–Crippen MR) is 70.0 cm³/mol. The number of anilines is 1. The molecule has 0 spiro atoms. The molecular formula is C13H11FN2OS. The van der Waals surface area contributed by atoms with E-state index in [0.29, 0.717) is 10.6 Å². The van der Waals surface area contributed by atoms with Gasteiger partial charge in [-0.1, -0.05) is 12.1 Å². The van der Waals surface area contributed by atoms with Crippen molar-refractivity contribution >= 4 is 23.4 Å². The van der Waals surface area contributed by atoms with Gasteiger partial charge in [-0.2, -0.15) is 0 Å². The molecule has 0 unspecified atom stereocenters. The molecule has 0 bridgehead atoms. The summed E-state index contributed by atoms with van der Waals surface area (Å²) in [5, 5.41) is 2.71. The summed E-state index contributed by atoms with van der Waals surface area (Å²) in [6.45, 7) is 0. The molecule has 2 rings (SSSR count). The molecule has 3 nitrogen and oxygen atoms in total. The van der Waals surface area contributed by atoms with Gasteiger partial charge in [0.15, 0.2) is 0 Å². The molecule has 0 atom stereocenters. The molecule has 0 radical (unpaired) electrons. The van der Waals surface area contributed by atoms with E-state index in [1.54, 1.807) is 42.7 Å². The van der Waals surface area contributed by atoms with Crippen LogP contribution in [0.25, 0.3) is 0 Å². The van der Waals surface area contributed by atoms with E-state index >= 15 is 0 Å². The lowest BCUT2D eigenvalue weighted by Gasteiger charge is -2.05. The maximum absolute atomic E-state index is 13.3. The Kier molecular flexibility index (Phi) is 4.30. The van der Waals surface area contributed by atoms with Gasteiger partial charge in [0.25, 0.3) is 0 Å². The zero-order valence-electron chi connectivity index (χ0n) is 9.47. The molecule has 1 amide bonds. The van der Waals surface area contributed by atoms with Crippen LogP contribution in [0.15, 0.2) is 53.7 Å². The monoisotopic (exact) mass is 262 g/mol. The van der Waals surface area contributed by atoms with E-state index in [-0.39, 0.29) is 17.5 Å². The minimum atomic E-state index is -0.306. The van der Waals surface area contributed by atoms with E-state index in [0.717, 1.165) is 0 Å². The first-order chi connectivity index (χ1) is 8.75.